The second kappa shape index (κ2) is 8.62. The largest absolute Gasteiger partial charge is 0.433 e. The molecular formula is C19H13ClF4N4O2. The average Bonchev–Trinajstić information content (AvgIpc) is 3.07. The Morgan fingerprint density at radius 1 is 1.23 bits per heavy atom. The molecule has 0 spiro atoms. The summed E-state index contributed by atoms with van der Waals surface area (Å²) < 4.78 is 56.6. The smallest absolute Gasteiger partial charge is 0.351 e. The quantitative estimate of drug-likeness (QED) is 0.356. The summed E-state index contributed by atoms with van der Waals surface area (Å²) >= 11 is 5.82. The molecule has 0 saturated carbocycles. The van der Waals surface area contributed by atoms with Crippen molar-refractivity contribution in [3.05, 3.63) is 76.1 Å². The van der Waals surface area contributed by atoms with Gasteiger partial charge in [-0.25, -0.2) is 9.38 Å². The highest BCUT2D eigenvalue weighted by atomic mass is 35.5. The van der Waals surface area contributed by atoms with E-state index in [0.717, 1.165) is 24.4 Å². The van der Waals surface area contributed by atoms with Crippen molar-refractivity contribution in [2.24, 2.45) is 4.99 Å². The lowest BCUT2D eigenvalue weighted by atomic mass is 10.1. The topological polar surface area (TPSA) is 80.4 Å². The number of carbonyl (C=O) groups excluding carboxylic acids is 1. The van der Waals surface area contributed by atoms with Crippen LogP contribution in [0.5, 0.6) is 0 Å². The van der Waals surface area contributed by atoms with Crippen LogP contribution in [0.3, 0.4) is 0 Å². The Morgan fingerprint density at radius 3 is 2.57 bits per heavy atom. The first-order chi connectivity index (χ1) is 14.1. The van der Waals surface area contributed by atoms with Crippen molar-refractivity contribution in [2.75, 3.05) is 0 Å². The number of amidine groups is 1. The predicted molar refractivity (Wildman–Crippen MR) is 100 cm³/mol. The molecule has 1 aromatic carbocycles. The van der Waals surface area contributed by atoms with Crippen LogP contribution < -0.4 is 5.32 Å². The molecule has 3 rings (SSSR count). The third kappa shape index (κ3) is 5.63. The number of nitrogens with one attached hydrogen (secondary N) is 1. The number of aromatic nitrogens is 2. The van der Waals surface area contributed by atoms with E-state index in [9.17, 15) is 22.4 Å². The first-order valence-electron chi connectivity index (χ1n) is 8.40. The molecule has 6 nitrogen and oxygen atoms in total. The molecular weight excluding hydrogens is 428 g/mol. The second-order valence-electron chi connectivity index (χ2n) is 6.20. The van der Waals surface area contributed by atoms with E-state index in [2.05, 4.69) is 20.4 Å². The Hall–Kier alpha value is -3.27. The van der Waals surface area contributed by atoms with Crippen LogP contribution in [0.1, 0.15) is 27.5 Å². The SMILES string of the molecule is Cc1cc(C(=O)NC(Cc2ccc(C(F)(F)F)nc2)=Nc2cc(F)cc(Cl)c2)on1. The number of alkyl halides is 3. The van der Waals surface area contributed by atoms with Gasteiger partial charge in [0, 0.05) is 23.7 Å². The first-order valence-corrected chi connectivity index (χ1v) is 8.78. The van der Waals surface area contributed by atoms with Crippen molar-refractivity contribution >= 4 is 29.0 Å². The van der Waals surface area contributed by atoms with Crippen LogP contribution in [0.25, 0.3) is 0 Å². The minimum atomic E-state index is -4.58. The molecule has 0 radical (unpaired) electrons. The lowest BCUT2D eigenvalue weighted by Gasteiger charge is -2.10. The van der Waals surface area contributed by atoms with Gasteiger partial charge in [-0.05, 0) is 36.8 Å². The first kappa shape index (κ1) is 21.4. The molecule has 0 bridgehead atoms. The van der Waals surface area contributed by atoms with E-state index in [1.54, 1.807) is 6.92 Å². The Kier molecular flexibility index (Phi) is 6.16. The van der Waals surface area contributed by atoms with E-state index in [1.165, 1.54) is 18.2 Å². The molecule has 1 N–H and O–H groups in total. The zero-order valence-electron chi connectivity index (χ0n) is 15.3. The van der Waals surface area contributed by atoms with Crippen molar-refractivity contribution in [3.63, 3.8) is 0 Å². The lowest BCUT2D eigenvalue weighted by Crippen LogP contribution is -2.31. The Bertz CT molecular complexity index is 1070. The number of nitrogens with zero attached hydrogens (tertiary/aromatic N) is 3. The highest BCUT2D eigenvalue weighted by Gasteiger charge is 2.32. The number of aryl methyl sites for hydroxylation is 1. The number of aliphatic imine (C=N–C) groups is 1. The molecule has 0 aliphatic rings. The Morgan fingerprint density at radius 2 is 2.00 bits per heavy atom. The molecule has 0 aliphatic heterocycles. The zero-order chi connectivity index (χ0) is 21.9. The molecule has 3 aromatic rings. The van der Waals surface area contributed by atoms with E-state index in [-0.39, 0.29) is 28.7 Å². The second-order valence-corrected chi connectivity index (χ2v) is 6.64. The van der Waals surface area contributed by atoms with Crippen molar-refractivity contribution in [1.29, 1.82) is 0 Å². The Balaban J connectivity index is 1.90. The summed E-state index contributed by atoms with van der Waals surface area (Å²) in [5.41, 5.74) is -0.146. The summed E-state index contributed by atoms with van der Waals surface area (Å²) in [4.78, 5) is 19.9. The zero-order valence-corrected chi connectivity index (χ0v) is 16.1. The summed E-state index contributed by atoms with van der Waals surface area (Å²) in [6.07, 6.45) is -3.66. The molecule has 1 amide bonds. The summed E-state index contributed by atoms with van der Waals surface area (Å²) in [7, 11) is 0. The number of amides is 1. The van der Waals surface area contributed by atoms with Crippen LogP contribution in [-0.2, 0) is 12.6 Å². The number of hydrogen-bond acceptors (Lipinski definition) is 5. The monoisotopic (exact) mass is 440 g/mol. The number of carbonyl (C=O) groups is 1. The lowest BCUT2D eigenvalue weighted by molar-refractivity contribution is -0.141. The minimum absolute atomic E-state index is 0.0114. The number of rotatable bonds is 4. The van der Waals surface area contributed by atoms with Crippen molar-refractivity contribution in [2.45, 2.75) is 19.5 Å². The third-order valence-electron chi connectivity index (χ3n) is 3.71. The van der Waals surface area contributed by atoms with E-state index in [1.807, 2.05) is 0 Å². The van der Waals surface area contributed by atoms with Gasteiger partial charge in [0.25, 0.3) is 5.91 Å². The fourth-order valence-electron chi connectivity index (χ4n) is 2.42. The van der Waals surface area contributed by atoms with Crippen LogP contribution in [0, 0.1) is 12.7 Å². The number of benzene rings is 1. The molecule has 0 atom stereocenters. The molecule has 30 heavy (non-hydrogen) atoms. The van der Waals surface area contributed by atoms with Gasteiger partial charge in [-0.1, -0.05) is 22.8 Å². The van der Waals surface area contributed by atoms with Gasteiger partial charge in [0.1, 0.15) is 17.3 Å². The van der Waals surface area contributed by atoms with E-state index in [4.69, 9.17) is 16.1 Å². The standard InChI is InChI=1S/C19H13ClF4N4O2/c1-10-4-15(30-28-10)18(29)27-17(26-14-7-12(20)6-13(21)8-14)5-11-2-3-16(25-9-11)19(22,23)24/h2-4,6-9H,5H2,1H3,(H,26,27,29). The van der Waals surface area contributed by atoms with Gasteiger partial charge in [-0.2, -0.15) is 13.2 Å². The molecule has 0 unspecified atom stereocenters. The van der Waals surface area contributed by atoms with Crippen molar-refractivity contribution in [1.82, 2.24) is 15.5 Å². The fraction of sp³-hybridized carbons (Fsp3) is 0.158. The number of pyridine rings is 1. The predicted octanol–water partition coefficient (Wildman–Crippen LogP) is 4.89. The maximum atomic E-state index is 13.6. The summed E-state index contributed by atoms with van der Waals surface area (Å²) in [6, 6.07) is 6.94. The fourth-order valence-corrected chi connectivity index (χ4v) is 2.64. The normalized spacial score (nSPS) is 12.1. The maximum absolute atomic E-state index is 13.6. The summed E-state index contributed by atoms with van der Waals surface area (Å²) in [6.45, 7) is 1.62. The highest BCUT2D eigenvalue weighted by Crippen LogP contribution is 2.27. The minimum Gasteiger partial charge on any atom is -0.351 e. The third-order valence-corrected chi connectivity index (χ3v) is 3.93. The maximum Gasteiger partial charge on any atom is 0.433 e. The van der Waals surface area contributed by atoms with Crippen LogP contribution >= 0.6 is 11.6 Å². The van der Waals surface area contributed by atoms with E-state index < -0.39 is 23.6 Å². The van der Waals surface area contributed by atoms with Gasteiger partial charge in [0.2, 0.25) is 5.76 Å². The molecule has 0 aliphatic carbocycles. The van der Waals surface area contributed by atoms with E-state index in [0.29, 0.717) is 11.3 Å². The van der Waals surface area contributed by atoms with Crippen LogP contribution in [-0.4, -0.2) is 21.9 Å². The van der Waals surface area contributed by atoms with Crippen LogP contribution in [0.2, 0.25) is 5.02 Å². The Labute approximate surface area is 172 Å². The molecule has 156 valence electrons. The number of halogens is 5. The molecule has 0 fully saturated rings. The average molecular weight is 441 g/mol. The van der Waals surface area contributed by atoms with Crippen LogP contribution in [0.15, 0.2) is 52.1 Å². The molecule has 0 saturated heterocycles. The molecule has 2 heterocycles. The summed E-state index contributed by atoms with van der Waals surface area (Å²) in [5, 5.41) is 6.18. The number of hydrogen-bond donors (Lipinski definition) is 1. The van der Waals surface area contributed by atoms with Gasteiger partial charge in [0.15, 0.2) is 0 Å². The molecule has 11 heteroatoms. The van der Waals surface area contributed by atoms with Crippen molar-refractivity contribution < 1.29 is 26.9 Å². The van der Waals surface area contributed by atoms with Crippen LogP contribution in [0.4, 0.5) is 23.2 Å². The summed E-state index contributed by atoms with van der Waals surface area (Å²) in [5.74, 6) is -1.41. The van der Waals surface area contributed by atoms with Gasteiger partial charge < -0.3 is 9.84 Å². The van der Waals surface area contributed by atoms with Crippen molar-refractivity contribution in [3.8, 4) is 0 Å². The van der Waals surface area contributed by atoms with Gasteiger partial charge in [-0.3, -0.25) is 9.78 Å². The van der Waals surface area contributed by atoms with Gasteiger partial charge in [-0.15, -0.1) is 0 Å². The van der Waals surface area contributed by atoms with Gasteiger partial charge >= 0.3 is 6.18 Å². The van der Waals surface area contributed by atoms with Gasteiger partial charge in [0.05, 0.1) is 11.4 Å². The molecule has 2 aromatic heterocycles. The highest BCUT2D eigenvalue weighted by molar-refractivity contribution is 6.30. The van der Waals surface area contributed by atoms with E-state index >= 15 is 0 Å².